The Hall–Kier alpha value is -3.37. The maximum absolute atomic E-state index is 14.5. The summed E-state index contributed by atoms with van der Waals surface area (Å²) in [5.74, 6) is -8.45. The quantitative estimate of drug-likeness (QED) is 0.311. The molecule has 11 heteroatoms. The third kappa shape index (κ3) is 5.75. The predicted molar refractivity (Wildman–Crippen MR) is 103 cm³/mol. The maximum atomic E-state index is 14.5. The highest BCUT2D eigenvalue weighted by Gasteiger charge is 2.41. The first-order valence-electron chi connectivity index (χ1n) is 9.71. The van der Waals surface area contributed by atoms with Gasteiger partial charge in [0.15, 0.2) is 11.6 Å². The highest BCUT2D eigenvalue weighted by molar-refractivity contribution is 5.65. The van der Waals surface area contributed by atoms with Gasteiger partial charge in [-0.1, -0.05) is 25.5 Å². The van der Waals surface area contributed by atoms with E-state index in [1.165, 1.54) is 0 Å². The Morgan fingerprint density at radius 1 is 0.676 bits per heavy atom. The van der Waals surface area contributed by atoms with Gasteiger partial charge < -0.3 is 9.47 Å². The molecule has 3 rings (SSSR count). The van der Waals surface area contributed by atoms with Gasteiger partial charge in [-0.3, -0.25) is 0 Å². The Labute approximate surface area is 187 Å². The van der Waals surface area contributed by atoms with E-state index in [4.69, 9.17) is 0 Å². The van der Waals surface area contributed by atoms with Crippen LogP contribution in [0.4, 0.5) is 39.5 Å². The van der Waals surface area contributed by atoms with Crippen molar-refractivity contribution in [3.05, 3.63) is 82.9 Å². The summed E-state index contributed by atoms with van der Waals surface area (Å²) < 4.78 is 130. The molecule has 2 nitrogen and oxygen atoms in total. The summed E-state index contributed by atoms with van der Waals surface area (Å²) in [4.78, 5) is 0. The Balaban J connectivity index is 1.84. The van der Waals surface area contributed by atoms with E-state index in [0.29, 0.717) is 18.6 Å². The molecule has 0 N–H and O–H groups in total. The van der Waals surface area contributed by atoms with Crippen molar-refractivity contribution in [3.8, 4) is 22.6 Å². The molecule has 0 aromatic heterocycles. The van der Waals surface area contributed by atoms with Crippen LogP contribution in [0.3, 0.4) is 0 Å². The second-order valence-corrected chi connectivity index (χ2v) is 7.14. The summed E-state index contributed by atoms with van der Waals surface area (Å²) in [6.07, 6.45) is -8.88. The van der Waals surface area contributed by atoms with Crippen LogP contribution >= 0.6 is 0 Å². The minimum atomic E-state index is -5.32. The van der Waals surface area contributed by atoms with Crippen LogP contribution in [0.1, 0.15) is 24.5 Å². The number of hydrogen-bond acceptors (Lipinski definition) is 2. The molecule has 3 aromatic carbocycles. The van der Waals surface area contributed by atoms with Crippen molar-refractivity contribution >= 4 is 0 Å². The summed E-state index contributed by atoms with van der Waals surface area (Å²) >= 11 is 0. The first-order valence-corrected chi connectivity index (χ1v) is 9.71. The summed E-state index contributed by atoms with van der Waals surface area (Å²) in [7, 11) is 0. The first kappa shape index (κ1) is 25.3. The highest BCUT2D eigenvalue weighted by Crippen LogP contribution is 2.37. The summed E-state index contributed by atoms with van der Waals surface area (Å²) in [5, 5.41) is 0. The van der Waals surface area contributed by atoms with E-state index in [9.17, 15) is 39.5 Å². The van der Waals surface area contributed by atoms with Crippen molar-refractivity contribution in [2.24, 2.45) is 0 Å². The van der Waals surface area contributed by atoms with Crippen LogP contribution in [0.2, 0.25) is 0 Å². The van der Waals surface area contributed by atoms with E-state index in [1.54, 1.807) is 6.92 Å². The van der Waals surface area contributed by atoms with E-state index in [-0.39, 0.29) is 23.1 Å². The van der Waals surface area contributed by atoms with Crippen molar-refractivity contribution in [1.29, 1.82) is 0 Å². The monoisotopic (exact) mass is 494 g/mol. The molecule has 0 amide bonds. The van der Waals surface area contributed by atoms with Gasteiger partial charge in [-0.05, 0) is 59.5 Å². The smallest absolute Gasteiger partial charge is 0.429 e. The average molecular weight is 494 g/mol. The molecular weight excluding hydrogens is 479 g/mol. The number of rotatable bonds is 7. The second kappa shape index (κ2) is 9.47. The maximum Gasteiger partial charge on any atom is 0.573 e. The third-order valence-corrected chi connectivity index (χ3v) is 4.58. The lowest BCUT2D eigenvalue weighted by Crippen LogP contribution is -2.25. The Bertz CT molecular complexity index is 1130. The Morgan fingerprint density at radius 2 is 1.21 bits per heavy atom. The molecule has 0 radical (unpaired) electrons. The molecule has 0 aliphatic heterocycles. The number of benzene rings is 3. The van der Waals surface area contributed by atoms with Crippen LogP contribution in [0, 0.1) is 23.3 Å². The predicted octanol–water partition coefficient (Wildman–Crippen LogP) is 7.89. The standard InChI is InChI=1S/C23H15F9O2/c1-2-3-12-8-16(24)20(17(25)9-12)22(28,29)33-15-6-4-13(5-7-15)14-10-18(26)21(19(27)11-14)34-23(30,31)32/h4-11H,2-3H2,1H3. The molecule has 182 valence electrons. The van der Waals surface area contributed by atoms with Crippen molar-refractivity contribution < 1.29 is 49.0 Å². The van der Waals surface area contributed by atoms with E-state index in [2.05, 4.69) is 9.47 Å². The fourth-order valence-corrected chi connectivity index (χ4v) is 3.19. The van der Waals surface area contributed by atoms with Crippen LogP contribution in [-0.4, -0.2) is 6.36 Å². The summed E-state index contributed by atoms with van der Waals surface area (Å²) in [5.41, 5.74) is -1.59. The van der Waals surface area contributed by atoms with Crippen LogP contribution in [0.15, 0.2) is 48.5 Å². The molecule has 0 aliphatic rings. The molecule has 0 bridgehead atoms. The second-order valence-electron chi connectivity index (χ2n) is 7.14. The zero-order valence-electron chi connectivity index (χ0n) is 17.3. The van der Waals surface area contributed by atoms with Crippen LogP contribution in [0.5, 0.6) is 11.5 Å². The molecule has 0 fully saturated rings. The normalized spacial score (nSPS) is 12.1. The highest BCUT2D eigenvalue weighted by atomic mass is 19.4. The molecule has 34 heavy (non-hydrogen) atoms. The van der Waals surface area contributed by atoms with Crippen molar-refractivity contribution in [2.75, 3.05) is 0 Å². The molecule has 0 atom stereocenters. The van der Waals surface area contributed by atoms with Gasteiger partial charge in [-0.25, -0.2) is 17.6 Å². The van der Waals surface area contributed by atoms with Gasteiger partial charge in [0.2, 0.25) is 5.75 Å². The van der Waals surface area contributed by atoms with Crippen LogP contribution in [-0.2, 0) is 12.5 Å². The SMILES string of the molecule is CCCc1cc(F)c(C(F)(F)Oc2ccc(-c3cc(F)c(OC(F)(F)F)c(F)c3)cc2)c(F)c1. The Morgan fingerprint density at radius 3 is 1.68 bits per heavy atom. The molecule has 0 saturated carbocycles. The number of alkyl halides is 5. The fourth-order valence-electron chi connectivity index (χ4n) is 3.19. The lowest BCUT2D eigenvalue weighted by Gasteiger charge is -2.20. The number of aryl methyl sites for hydroxylation is 1. The van der Waals surface area contributed by atoms with Crippen molar-refractivity contribution in [1.82, 2.24) is 0 Å². The van der Waals surface area contributed by atoms with Crippen LogP contribution in [0.25, 0.3) is 11.1 Å². The van der Waals surface area contributed by atoms with Gasteiger partial charge in [-0.2, -0.15) is 8.78 Å². The van der Waals surface area contributed by atoms with Gasteiger partial charge in [0, 0.05) is 0 Å². The molecule has 0 spiro atoms. The third-order valence-electron chi connectivity index (χ3n) is 4.58. The first-order chi connectivity index (χ1) is 15.8. The zero-order valence-corrected chi connectivity index (χ0v) is 17.3. The number of halogens is 9. The largest absolute Gasteiger partial charge is 0.573 e. The summed E-state index contributed by atoms with van der Waals surface area (Å²) in [6, 6.07) is 6.69. The van der Waals surface area contributed by atoms with Crippen molar-refractivity contribution in [3.63, 3.8) is 0 Å². The van der Waals surface area contributed by atoms with Crippen molar-refractivity contribution in [2.45, 2.75) is 32.2 Å². The molecule has 3 aromatic rings. The lowest BCUT2D eigenvalue weighted by atomic mass is 10.0. The average Bonchev–Trinajstić information content (AvgIpc) is 2.69. The van der Waals surface area contributed by atoms with Gasteiger partial charge in [0.25, 0.3) is 0 Å². The molecule has 0 saturated heterocycles. The topological polar surface area (TPSA) is 18.5 Å². The van der Waals surface area contributed by atoms with E-state index < -0.39 is 52.8 Å². The molecule has 0 heterocycles. The molecule has 0 aliphatic carbocycles. The van der Waals surface area contributed by atoms with Crippen LogP contribution < -0.4 is 9.47 Å². The lowest BCUT2D eigenvalue weighted by molar-refractivity contribution is -0.276. The number of ether oxygens (including phenoxy) is 2. The van der Waals surface area contributed by atoms with Gasteiger partial charge in [0.1, 0.15) is 22.9 Å². The van der Waals surface area contributed by atoms with Gasteiger partial charge >= 0.3 is 12.5 Å². The van der Waals surface area contributed by atoms with Gasteiger partial charge in [0.05, 0.1) is 0 Å². The van der Waals surface area contributed by atoms with Gasteiger partial charge in [-0.15, -0.1) is 13.2 Å². The van der Waals surface area contributed by atoms with E-state index in [0.717, 1.165) is 36.4 Å². The fraction of sp³-hybridized carbons (Fsp3) is 0.217. The minimum absolute atomic E-state index is 0.0216. The van der Waals surface area contributed by atoms with E-state index >= 15 is 0 Å². The molecule has 0 unspecified atom stereocenters. The zero-order chi connectivity index (χ0) is 25.3. The minimum Gasteiger partial charge on any atom is -0.429 e. The number of hydrogen-bond donors (Lipinski definition) is 0. The van der Waals surface area contributed by atoms with E-state index in [1.807, 2.05) is 0 Å². The Kier molecular flexibility index (Phi) is 7.04. The molecular formula is C23H15F9O2. The summed E-state index contributed by atoms with van der Waals surface area (Å²) in [6.45, 7) is 1.75.